The normalized spacial score (nSPS) is 15.3. The van der Waals surface area contributed by atoms with E-state index in [2.05, 4.69) is 20.3 Å². The van der Waals surface area contributed by atoms with Gasteiger partial charge < -0.3 is 14.2 Å². The molecule has 0 bridgehead atoms. The summed E-state index contributed by atoms with van der Waals surface area (Å²) in [7, 11) is 0. The molecule has 0 unspecified atom stereocenters. The molecule has 0 N–H and O–H groups in total. The molecule has 1 fully saturated rings. The van der Waals surface area contributed by atoms with Crippen LogP contribution in [0.25, 0.3) is 11.4 Å². The summed E-state index contributed by atoms with van der Waals surface area (Å²) in [4.78, 5) is 5.70. The van der Waals surface area contributed by atoms with Crippen molar-refractivity contribution in [2.45, 2.75) is 29.8 Å². The Morgan fingerprint density at radius 2 is 1.79 bits per heavy atom. The first kappa shape index (κ1) is 23.4. The van der Waals surface area contributed by atoms with E-state index < -0.39 is 24.5 Å². The fourth-order valence-corrected chi connectivity index (χ4v) is 3.86. The second-order valence-electron chi connectivity index (χ2n) is 6.96. The first-order valence-corrected chi connectivity index (χ1v) is 10.5. The fourth-order valence-electron chi connectivity index (χ4n) is 3.09. The Morgan fingerprint density at radius 3 is 2.48 bits per heavy atom. The number of thioether (sulfide) groups is 1. The van der Waals surface area contributed by atoms with Gasteiger partial charge in [0.15, 0.2) is 5.16 Å². The van der Waals surface area contributed by atoms with Crippen molar-refractivity contribution in [2.24, 2.45) is 0 Å². The molecule has 15 heteroatoms. The van der Waals surface area contributed by atoms with E-state index in [1.165, 1.54) is 12.1 Å². The number of anilines is 1. The maximum Gasteiger partial charge on any atom is 0.416 e. The van der Waals surface area contributed by atoms with Crippen LogP contribution in [0.1, 0.15) is 11.5 Å². The van der Waals surface area contributed by atoms with Crippen LogP contribution in [0.4, 0.5) is 32.3 Å². The van der Waals surface area contributed by atoms with Crippen molar-refractivity contribution in [1.82, 2.24) is 24.9 Å². The lowest BCUT2D eigenvalue weighted by Gasteiger charge is -2.28. The van der Waals surface area contributed by atoms with Gasteiger partial charge in [0.05, 0.1) is 24.5 Å². The number of nitrogens with zero attached hydrogens (tertiary/aromatic N) is 6. The van der Waals surface area contributed by atoms with E-state index >= 15 is 0 Å². The minimum atomic E-state index is -4.53. The lowest BCUT2D eigenvalue weighted by molar-refractivity contribution is -0.141. The van der Waals surface area contributed by atoms with Crippen LogP contribution in [0.5, 0.6) is 0 Å². The molecule has 178 valence electrons. The van der Waals surface area contributed by atoms with Gasteiger partial charge in [0.25, 0.3) is 0 Å². The predicted octanol–water partition coefficient (Wildman–Crippen LogP) is 4.04. The first-order valence-electron chi connectivity index (χ1n) is 9.56. The zero-order chi connectivity index (χ0) is 23.6. The van der Waals surface area contributed by atoms with Gasteiger partial charge in [-0.25, -0.2) is 0 Å². The Labute approximate surface area is 186 Å². The molecule has 4 rings (SSSR count). The molecular formula is C18H16F6N6O2S. The molecular weight excluding hydrogens is 478 g/mol. The largest absolute Gasteiger partial charge is 0.416 e. The molecule has 1 aromatic carbocycles. The van der Waals surface area contributed by atoms with Crippen LogP contribution in [0, 0.1) is 0 Å². The van der Waals surface area contributed by atoms with Gasteiger partial charge in [-0.05, 0) is 12.1 Å². The number of halogens is 6. The molecule has 8 nitrogen and oxygen atoms in total. The van der Waals surface area contributed by atoms with Gasteiger partial charge in [0.2, 0.25) is 17.7 Å². The van der Waals surface area contributed by atoms with Crippen LogP contribution in [-0.2, 0) is 23.2 Å². The Hall–Kier alpha value is -2.81. The third-order valence-corrected chi connectivity index (χ3v) is 5.52. The highest BCUT2D eigenvalue weighted by atomic mass is 32.2. The third-order valence-electron chi connectivity index (χ3n) is 4.57. The average Bonchev–Trinajstić information content (AvgIpc) is 3.38. The average molecular weight is 494 g/mol. The van der Waals surface area contributed by atoms with Crippen LogP contribution < -0.4 is 4.90 Å². The predicted molar refractivity (Wildman–Crippen MR) is 103 cm³/mol. The van der Waals surface area contributed by atoms with Crippen LogP contribution >= 0.6 is 11.8 Å². The highest BCUT2D eigenvalue weighted by Gasteiger charge is 2.33. The Bertz CT molecular complexity index is 1090. The summed E-state index contributed by atoms with van der Waals surface area (Å²) in [5.74, 6) is -0.0249. The molecule has 0 atom stereocenters. The van der Waals surface area contributed by atoms with E-state index in [1.807, 2.05) is 0 Å². The van der Waals surface area contributed by atoms with Crippen molar-refractivity contribution in [1.29, 1.82) is 0 Å². The number of alkyl halides is 6. The molecule has 1 aliphatic heterocycles. The number of rotatable bonds is 6. The number of ether oxygens (including phenoxy) is 1. The molecule has 3 aromatic rings. The Kier molecular flexibility index (Phi) is 6.52. The van der Waals surface area contributed by atoms with E-state index in [1.54, 1.807) is 4.90 Å². The van der Waals surface area contributed by atoms with E-state index in [9.17, 15) is 26.3 Å². The van der Waals surface area contributed by atoms with Gasteiger partial charge >= 0.3 is 12.4 Å². The summed E-state index contributed by atoms with van der Waals surface area (Å²) >= 11 is 0.897. The van der Waals surface area contributed by atoms with Gasteiger partial charge in [-0.15, -0.1) is 10.2 Å². The van der Waals surface area contributed by atoms with E-state index in [0.29, 0.717) is 26.3 Å². The van der Waals surface area contributed by atoms with Gasteiger partial charge in [0.1, 0.15) is 6.54 Å². The second kappa shape index (κ2) is 9.21. The molecule has 0 aliphatic carbocycles. The minimum Gasteiger partial charge on any atom is -0.378 e. The molecule has 0 amide bonds. The molecule has 0 radical (unpaired) electrons. The monoisotopic (exact) mass is 494 g/mol. The second-order valence-corrected chi connectivity index (χ2v) is 7.90. The molecule has 33 heavy (non-hydrogen) atoms. The Morgan fingerprint density at radius 1 is 1.03 bits per heavy atom. The molecule has 1 saturated heterocycles. The van der Waals surface area contributed by atoms with Crippen molar-refractivity contribution in [3.63, 3.8) is 0 Å². The zero-order valence-corrected chi connectivity index (χ0v) is 17.5. The van der Waals surface area contributed by atoms with Crippen LogP contribution in [-0.4, -0.2) is 57.4 Å². The first-order chi connectivity index (χ1) is 15.6. The smallest absolute Gasteiger partial charge is 0.378 e. The van der Waals surface area contributed by atoms with Gasteiger partial charge in [-0.2, -0.15) is 31.3 Å². The lowest BCUT2D eigenvalue weighted by Crippen LogP contribution is -2.38. The molecule has 2 aromatic heterocycles. The SMILES string of the molecule is FC(F)(F)Cn1c(SCc2nc(-c3cccc(C(F)(F)F)c3)no2)nnc1N1CCOCC1. The Balaban J connectivity index is 1.51. The van der Waals surface area contributed by atoms with Gasteiger partial charge in [0, 0.05) is 18.7 Å². The maximum absolute atomic E-state index is 13.2. The van der Waals surface area contributed by atoms with Crippen molar-refractivity contribution < 1.29 is 35.6 Å². The quantitative estimate of drug-likeness (QED) is 0.375. The molecule has 0 saturated carbocycles. The van der Waals surface area contributed by atoms with Crippen molar-refractivity contribution in [3.8, 4) is 11.4 Å². The number of hydrogen-bond acceptors (Lipinski definition) is 8. The highest BCUT2D eigenvalue weighted by Crippen LogP contribution is 2.32. The highest BCUT2D eigenvalue weighted by molar-refractivity contribution is 7.98. The number of hydrogen-bond donors (Lipinski definition) is 0. The van der Waals surface area contributed by atoms with Crippen molar-refractivity contribution in [2.75, 3.05) is 31.2 Å². The van der Waals surface area contributed by atoms with E-state index in [4.69, 9.17) is 9.26 Å². The summed E-state index contributed by atoms with van der Waals surface area (Å²) in [6, 6.07) is 4.41. The summed E-state index contributed by atoms with van der Waals surface area (Å²) in [6.45, 7) is 0.201. The lowest BCUT2D eigenvalue weighted by atomic mass is 10.1. The topological polar surface area (TPSA) is 82.1 Å². The molecule has 3 heterocycles. The van der Waals surface area contributed by atoms with Gasteiger partial charge in [-0.3, -0.25) is 4.57 Å². The van der Waals surface area contributed by atoms with Crippen molar-refractivity contribution >= 4 is 17.7 Å². The number of morpholine rings is 1. The summed E-state index contributed by atoms with van der Waals surface area (Å²) in [5.41, 5.74) is -0.767. The fraction of sp³-hybridized carbons (Fsp3) is 0.444. The number of aromatic nitrogens is 5. The molecule has 0 spiro atoms. The van der Waals surface area contributed by atoms with E-state index in [0.717, 1.165) is 28.5 Å². The van der Waals surface area contributed by atoms with Crippen molar-refractivity contribution in [3.05, 3.63) is 35.7 Å². The van der Waals surface area contributed by atoms with Crippen LogP contribution in [0.15, 0.2) is 33.9 Å². The summed E-state index contributed by atoms with van der Waals surface area (Å²) in [6.07, 6.45) is -9.03. The van der Waals surface area contributed by atoms with Gasteiger partial charge in [-0.1, -0.05) is 29.1 Å². The van der Waals surface area contributed by atoms with Crippen LogP contribution in [0.3, 0.4) is 0 Å². The summed E-state index contributed by atoms with van der Waals surface area (Å²) in [5, 5.41) is 11.4. The third kappa shape index (κ3) is 5.76. The van der Waals surface area contributed by atoms with Crippen LogP contribution in [0.2, 0.25) is 0 Å². The number of benzene rings is 1. The minimum absolute atomic E-state index is 0.00682. The standard InChI is InChI=1S/C18H16F6N6O2S/c19-17(20,21)10-30-15(29-4-6-31-7-5-29)26-27-16(30)33-9-13-25-14(28-32-13)11-2-1-3-12(8-11)18(22,23)24/h1-3,8H,4-7,9-10H2. The maximum atomic E-state index is 13.2. The van der Waals surface area contributed by atoms with E-state index in [-0.39, 0.29) is 34.1 Å². The molecule has 1 aliphatic rings. The summed E-state index contributed by atoms with van der Waals surface area (Å²) < 4.78 is 89.5. The zero-order valence-electron chi connectivity index (χ0n) is 16.7.